The Labute approximate surface area is 162 Å². The molecule has 0 unspecified atom stereocenters. The first-order valence-electron chi connectivity index (χ1n) is 9.21. The summed E-state index contributed by atoms with van der Waals surface area (Å²) in [5, 5.41) is 15.0. The van der Waals surface area contributed by atoms with Gasteiger partial charge in [-0.25, -0.2) is 4.98 Å². The van der Waals surface area contributed by atoms with Crippen molar-refractivity contribution in [3.63, 3.8) is 0 Å². The number of aromatic hydroxyl groups is 1. The molecule has 1 aliphatic rings. The maximum absolute atomic E-state index is 10.9. The Morgan fingerprint density at radius 3 is 2.56 bits per heavy atom. The van der Waals surface area contributed by atoms with Gasteiger partial charge in [-0.3, -0.25) is 4.90 Å². The van der Waals surface area contributed by atoms with E-state index >= 15 is 0 Å². The van der Waals surface area contributed by atoms with Gasteiger partial charge in [-0.1, -0.05) is 36.3 Å². The average molecular weight is 388 g/mol. The molecule has 0 saturated carbocycles. The molecule has 0 aliphatic carbocycles. The summed E-state index contributed by atoms with van der Waals surface area (Å²) < 4.78 is 12.7. The third-order valence-electron chi connectivity index (χ3n) is 5.12. The van der Waals surface area contributed by atoms with Gasteiger partial charge in [0.15, 0.2) is 11.5 Å². The summed E-state index contributed by atoms with van der Waals surface area (Å²) in [4.78, 5) is 8.19. The fraction of sp³-hybridized carbons (Fsp3) is 0.474. The Morgan fingerprint density at radius 2 is 1.89 bits per heavy atom. The molecule has 3 heterocycles. The molecular formula is C19H24N4O3S. The molecule has 1 atom stereocenters. The van der Waals surface area contributed by atoms with Gasteiger partial charge in [-0.2, -0.15) is 9.61 Å². The van der Waals surface area contributed by atoms with Gasteiger partial charge >= 0.3 is 0 Å². The van der Waals surface area contributed by atoms with Crippen LogP contribution in [0.3, 0.4) is 0 Å². The highest BCUT2D eigenvalue weighted by Gasteiger charge is 2.32. The molecular weight excluding hydrogens is 364 g/mol. The molecule has 27 heavy (non-hydrogen) atoms. The van der Waals surface area contributed by atoms with Gasteiger partial charge in [0.25, 0.3) is 0 Å². The van der Waals surface area contributed by atoms with Crippen molar-refractivity contribution in [3.05, 3.63) is 35.0 Å². The normalized spacial score (nSPS) is 17.0. The maximum atomic E-state index is 10.9. The molecule has 7 nitrogen and oxygen atoms in total. The van der Waals surface area contributed by atoms with Crippen molar-refractivity contribution < 1.29 is 14.6 Å². The van der Waals surface area contributed by atoms with Gasteiger partial charge in [0, 0.05) is 5.56 Å². The second-order valence-electron chi connectivity index (χ2n) is 6.68. The molecule has 2 aromatic heterocycles. The summed E-state index contributed by atoms with van der Waals surface area (Å²) in [5.41, 5.74) is 0.985. The van der Waals surface area contributed by atoms with Crippen molar-refractivity contribution in [3.8, 4) is 17.4 Å². The van der Waals surface area contributed by atoms with Crippen molar-refractivity contribution >= 4 is 16.3 Å². The lowest BCUT2D eigenvalue weighted by molar-refractivity contribution is 0.227. The minimum Gasteiger partial charge on any atom is -0.493 e. The van der Waals surface area contributed by atoms with Crippen LogP contribution in [0.1, 0.15) is 42.2 Å². The number of para-hydroxylation sites is 1. The third-order valence-corrected chi connectivity index (χ3v) is 6.21. The largest absolute Gasteiger partial charge is 0.493 e. The Bertz CT molecular complexity index is 915. The third kappa shape index (κ3) is 3.23. The minimum absolute atomic E-state index is 0.137. The Hall–Kier alpha value is -2.32. The van der Waals surface area contributed by atoms with Crippen molar-refractivity contribution in [2.75, 3.05) is 27.3 Å². The zero-order chi connectivity index (χ0) is 18.8. The highest BCUT2D eigenvalue weighted by atomic mass is 32.1. The molecule has 1 saturated heterocycles. The lowest BCUT2D eigenvalue weighted by Gasteiger charge is -2.31. The van der Waals surface area contributed by atoms with Crippen molar-refractivity contribution in [1.82, 2.24) is 19.5 Å². The molecule has 1 aliphatic heterocycles. The second-order valence-corrected chi connectivity index (χ2v) is 7.69. The number of thiazole rings is 1. The average Bonchev–Trinajstić information content (AvgIpc) is 3.15. The number of ether oxygens (including phenoxy) is 2. The molecule has 0 radical (unpaired) electrons. The zero-order valence-electron chi connectivity index (χ0n) is 15.6. The van der Waals surface area contributed by atoms with Gasteiger partial charge in [0.2, 0.25) is 10.8 Å². The lowest BCUT2D eigenvalue weighted by Crippen LogP contribution is -2.30. The van der Waals surface area contributed by atoms with E-state index in [4.69, 9.17) is 9.47 Å². The van der Waals surface area contributed by atoms with Gasteiger partial charge in [0.05, 0.1) is 25.1 Å². The highest BCUT2D eigenvalue weighted by molar-refractivity contribution is 7.17. The van der Waals surface area contributed by atoms with E-state index in [1.165, 1.54) is 35.0 Å². The van der Waals surface area contributed by atoms with E-state index < -0.39 is 0 Å². The standard InChI is InChI=1S/C19H24N4O3S/c1-25-14-9-7-8-13(16(14)26-2)15(22-10-5-3-4-6-11-22)17-18(24)23-19(27-17)20-12-21-23/h7-9,12,15,24H,3-6,10-11H2,1-2H3/t15-/m0/s1. The van der Waals surface area contributed by atoms with Crippen LogP contribution in [0.2, 0.25) is 0 Å². The number of benzene rings is 1. The number of nitrogens with zero attached hydrogens (tertiary/aromatic N) is 4. The van der Waals surface area contributed by atoms with E-state index in [-0.39, 0.29) is 11.9 Å². The van der Waals surface area contributed by atoms with Crippen LogP contribution in [-0.4, -0.2) is 51.9 Å². The molecule has 1 fully saturated rings. The first-order valence-corrected chi connectivity index (χ1v) is 10.0. The van der Waals surface area contributed by atoms with Crippen LogP contribution in [-0.2, 0) is 0 Å². The molecule has 0 amide bonds. The van der Waals surface area contributed by atoms with Crippen molar-refractivity contribution in [1.29, 1.82) is 0 Å². The van der Waals surface area contributed by atoms with Crippen LogP contribution < -0.4 is 9.47 Å². The summed E-state index contributed by atoms with van der Waals surface area (Å²) >= 11 is 1.47. The molecule has 0 spiro atoms. The number of hydrogen-bond donors (Lipinski definition) is 1. The fourth-order valence-electron chi connectivity index (χ4n) is 3.86. The molecule has 144 valence electrons. The highest BCUT2D eigenvalue weighted by Crippen LogP contribution is 2.45. The number of rotatable bonds is 5. The topological polar surface area (TPSA) is 72.1 Å². The van der Waals surface area contributed by atoms with Crippen LogP contribution >= 0.6 is 11.3 Å². The second kappa shape index (κ2) is 7.74. The van der Waals surface area contributed by atoms with Gasteiger partial charge < -0.3 is 14.6 Å². The smallest absolute Gasteiger partial charge is 0.230 e. The number of fused-ring (bicyclic) bond motifs is 1. The predicted molar refractivity (Wildman–Crippen MR) is 104 cm³/mol. The number of hydrogen-bond acceptors (Lipinski definition) is 7. The van der Waals surface area contributed by atoms with Crippen molar-refractivity contribution in [2.45, 2.75) is 31.7 Å². The summed E-state index contributed by atoms with van der Waals surface area (Å²) in [6.45, 7) is 1.94. The summed E-state index contributed by atoms with van der Waals surface area (Å²) in [6.07, 6.45) is 6.22. The zero-order valence-corrected chi connectivity index (χ0v) is 16.4. The Morgan fingerprint density at radius 1 is 1.11 bits per heavy atom. The van der Waals surface area contributed by atoms with Gasteiger partial charge in [0.1, 0.15) is 6.33 Å². The Balaban J connectivity index is 1.88. The number of aromatic nitrogens is 3. The minimum atomic E-state index is -0.137. The van der Waals surface area contributed by atoms with Gasteiger partial charge in [-0.05, 0) is 32.0 Å². The van der Waals surface area contributed by atoms with Crippen LogP contribution in [0, 0.1) is 0 Å². The van der Waals surface area contributed by atoms with E-state index in [0.717, 1.165) is 36.4 Å². The van der Waals surface area contributed by atoms with Crippen molar-refractivity contribution in [2.24, 2.45) is 0 Å². The van der Waals surface area contributed by atoms with Gasteiger partial charge in [-0.15, -0.1) is 0 Å². The van der Waals surface area contributed by atoms with Crippen LogP contribution in [0.4, 0.5) is 0 Å². The van der Waals surface area contributed by atoms with Crippen LogP contribution in [0.25, 0.3) is 4.96 Å². The van der Waals surface area contributed by atoms with E-state index in [9.17, 15) is 5.11 Å². The summed E-state index contributed by atoms with van der Waals surface area (Å²) in [7, 11) is 3.30. The maximum Gasteiger partial charge on any atom is 0.230 e. The molecule has 8 heteroatoms. The number of methoxy groups -OCH3 is 2. The van der Waals surface area contributed by atoms with E-state index in [1.807, 2.05) is 18.2 Å². The lowest BCUT2D eigenvalue weighted by atomic mass is 10.0. The van der Waals surface area contributed by atoms with E-state index in [1.54, 1.807) is 14.2 Å². The molecule has 1 aromatic carbocycles. The molecule has 1 N–H and O–H groups in total. The van der Waals surface area contributed by atoms with Crippen LogP contribution in [0.15, 0.2) is 24.5 Å². The van der Waals surface area contributed by atoms with E-state index in [0.29, 0.717) is 16.5 Å². The number of likely N-dealkylation sites (tertiary alicyclic amines) is 1. The fourth-order valence-corrected chi connectivity index (χ4v) is 4.94. The first-order chi connectivity index (χ1) is 13.2. The summed E-state index contributed by atoms with van der Waals surface area (Å²) in [6, 6.07) is 5.77. The molecule has 4 rings (SSSR count). The predicted octanol–water partition coefficient (Wildman–Crippen LogP) is 3.48. The first kappa shape index (κ1) is 18.1. The molecule has 3 aromatic rings. The van der Waals surface area contributed by atoms with E-state index in [2.05, 4.69) is 15.0 Å². The molecule has 0 bridgehead atoms. The van der Waals surface area contributed by atoms with Crippen LogP contribution in [0.5, 0.6) is 17.4 Å². The monoisotopic (exact) mass is 388 g/mol. The SMILES string of the molecule is COc1cccc([C@@H](c2sc3ncnn3c2O)N2CCCCCC2)c1OC. The summed E-state index contributed by atoms with van der Waals surface area (Å²) in [5.74, 6) is 1.54. The quantitative estimate of drug-likeness (QED) is 0.721. The Kier molecular flexibility index (Phi) is 5.18.